The van der Waals surface area contributed by atoms with Crippen LogP contribution in [0, 0.1) is 30.9 Å². The first kappa shape index (κ1) is 19.0. The van der Waals surface area contributed by atoms with E-state index < -0.39 is 4.92 Å². The lowest BCUT2D eigenvalue weighted by atomic mass is 10.1. The van der Waals surface area contributed by atoms with Crippen LogP contribution in [0.3, 0.4) is 0 Å². The maximum Gasteiger partial charge on any atom is 0.288 e. The van der Waals surface area contributed by atoms with E-state index >= 15 is 0 Å². The van der Waals surface area contributed by atoms with Crippen LogP contribution >= 0.6 is 11.6 Å². The minimum Gasteiger partial charge on any atom is -0.353 e. The molecule has 27 heavy (non-hydrogen) atoms. The molecule has 1 amide bonds. The van der Waals surface area contributed by atoms with Crippen LogP contribution in [0.2, 0.25) is 5.02 Å². The molecule has 1 saturated heterocycles. The lowest BCUT2D eigenvalue weighted by molar-refractivity contribution is -0.384. The number of aryl methyl sites for hydroxylation is 2. The van der Waals surface area contributed by atoms with E-state index in [9.17, 15) is 14.9 Å². The number of nitro benzene ring substituents is 1. The fourth-order valence-corrected chi connectivity index (χ4v) is 3.33. The summed E-state index contributed by atoms with van der Waals surface area (Å²) >= 11 is 5.82. The van der Waals surface area contributed by atoms with Gasteiger partial charge in [0, 0.05) is 49.1 Å². The second kappa shape index (κ2) is 7.48. The third-order valence-corrected chi connectivity index (χ3v) is 5.05. The molecule has 2 heterocycles. The average Bonchev–Trinajstić information content (AvgIpc) is 2.64. The van der Waals surface area contributed by atoms with Gasteiger partial charge in [-0.2, -0.15) is 0 Å². The van der Waals surface area contributed by atoms with Gasteiger partial charge in [-0.3, -0.25) is 14.9 Å². The molecule has 9 heteroatoms. The van der Waals surface area contributed by atoms with Crippen LogP contribution in [0.25, 0.3) is 0 Å². The SMILES string of the molecule is Cc1nc(C)c(C)c(N2CCN(C(=O)c3ccc(Cl)c([N+](=O)[O-])c3)CC2)n1. The second-order valence-electron chi connectivity index (χ2n) is 6.51. The van der Waals surface area contributed by atoms with Gasteiger partial charge in [0.1, 0.15) is 16.7 Å². The van der Waals surface area contributed by atoms with Crippen molar-refractivity contribution < 1.29 is 9.72 Å². The second-order valence-corrected chi connectivity index (χ2v) is 6.91. The molecule has 142 valence electrons. The molecule has 0 bridgehead atoms. The van der Waals surface area contributed by atoms with E-state index in [1.807, 2.05) is 20.8 Å². The Balaban J connectivity index is 1.74. The molecular formula is C18H20ClN5O3. The van der Waals surface area contributed by atoms with Crippen molar-refractivity contribution in [2.45, 2.75) is 20.8 Å². The molecule has 1 aromatic carbocycles. The van der Waals surface area contributed by atoms with Crippen molar-refractivity contribution in [1.82, 2.24) is 14.9 Å². The van der Waals surface area contributed by atoms with Crippen LogP contribution in [0.15, 0.2) is 18.2 Å². The molecule has 1 aliphatic rings. The number of nitrogens with zero attached hydrogens (tertiary/aromatic N) is 5. The van der Waals surface area contributed by atoms with Gasteiger partial charge < -0.3 is 9.80 Å². The number of carbonyl (C=O) groups is 1. The monoisotopic (exact) mass is 389 g/mol. The zero-order valence-electron chi connectivity index (χ0n) is 15.4. The normalized spacial score (nSPS) is 14.4. The number of halogens is 1. The summed E-state index contributed by atoms with van der Waals surface area (Å²) < 4.78 is 0. The van der Waals surface area contributed by atoms with E-state index in [-0.39, 0.29) is 22.2 Å². The number of benzene rings is 1. The Kier molecular flexibility index (Phi) is 5.27. The summed E-state index contributed by atoms with van der Waals surface area (Å²) in [5.74, 6) is 1.38. The summed E-state index contributed by atoms with van der Waals surface area (Å²) in [5, 5.41) is 11.1. The highest BCUT2D eigenvalue weighted by molar-refractivity contribution is 6.32. The van der Waals surface area contributed by atoms with Crippen molar-refractivity contribution in [3.63, 3.8) is 0 Å². The highest BCUT2D eigenvalue weighted by Gasteiger charge is 2.26. The maximum absolute atomic E-state index is 12.7. The average molecular weight is 390 g/mol. The minimum absolute atomic E-state index is 0.0198. The number of rotatable bonds is 3. The van der Waals surface area contributed by atoms with E-state index in [2.05, 4.69) is 14.9 Å². The van der Waals surface area contributed by atoms with Crippen molar-refractivity contribution in [3.8, 4) is 0 Å². The van der Waals surface area contributed by atoms with Gasteiger partial charge in [0.2, 0.25) is 0 Å². The Bertz CT molecular complexity index is 910. The summed E-state index contributed by atoms with van der Waals surface area (Å²) in [6, 6.07) is 4.14. The summed E-state index contributed by atoms with van der Waals surface area (Å²) in [6.07, 6.45) is 0. The zero-order valence-corrected chi connectivity index (χ0v) is 16.2. The summed E-state index contributed by atoms with van der Waals surface area (Å²) in [7, 11) is 0. The lowest BCUT2D eigenvalue weighted by Crippen LogP contribution is -2.49. The predicted molar refractivity (Wildman–Crippen MR) is 102 cm³/mol. The molecule has 0 radical (unpaired) electrons. The molecule has 3 rings (SSSR count). The molecule has 2 aromatic rings. The Labute approximate surface area is 161 Å². The fourth-order valence-electron chi connectivity index (χ4n) is 3.15. The summed E-state index contributed by atoms with van der Waals surface area (Å²) in [6.45, 7) is 8.11. The molecule has 0 aliphatic carbocycles. The maximum atomic E-state index is 12.7. The van der Waals surface area contributed by atoms with Gasteiger partial charge in [0.05, 0.1) is 4.92 Å². The van der Waals surface area contributed by atoms with Gasteiger partial charge in [-0.05, 0) is 32.9 Å². The zero-order chi connectivity index (χ0) is 19.7. The number of nitro groups is 1. The van der Waals surface area contributed by atoms with Crippen LogP contribution in [0.4, 0.5) is 11.5 Å². The number of hydrogen-bond acceptors (Lipinski definition) is 6. The standard InChI is InChI=1S/C18H20ClN5O3/c1-11-12(2)20-13(3)21-17(11)22-6-8-23(9-7-22)18(25)14-4-5-15(19)16(10-14)24(26)27/h4-5,10H,6-9H2,1-3H3. The topological polar surface area (TPSA) is 92.5 Å². The first-order valence-electron chi connectivity index (χ1n) is 8.58. The minimum atomic E-state index is -0.584. The molecule has 0 atom stereocenters. The van der Waals surface area contributed by atoms with Crippen LogP contribution in [0.5, 0.6) is 0 Å². The summed E-state index contributed by atoms with van der Waals surface area (Å²) in [5.41, 5.74) is 1.99. The van der Waals surface area contributed by atoms with Crippen LogP contribution in [-0.2, 0) is 0 Å². The number of amides is 1. The molecule has 0 N–H and O–H groups in total. The Hall–Kier alpha value is -2.74. The van der Waals surface area contributed by atoms with Gasteiger partial charge in [0.15, 0.2) is 0 Å². The fraction of sp³-hybridized carbons (Fsp3) is 0.389. The Morgan fingerprint density at radius 2 is 1.81 bits per heavy atom. The van der Waals surface area contributed by atoms with Gasteiger partial charge >= 0.3 is 0 Å². The number of carbonyl (C=O) groups excluding carboxylic acids is 1. The molecule has 0 unspecified atom stereocenters. The number of piperazine rings is 1. The molecule has 1 fully saturated rings. The molecular weight excluding hydrogens is 370 g/mol. The Morgan fingerprint density at radius 1 is 1.15 bits per heavy atom. The van der Waals surface area contributed by atoms with E-state index in [1.165, 1.54) is 18.2 Å². The predicted octanol–water partition coefficient (Wildman–Crippen LogP) is 2.93. The van der Waals surface area contributed by atoms with E-state index in [1.54, 1.807) is 4.90 Å². The van der Waals surface area contributed by atoms with Crippen molar-refractivity contribution in [2.24, 2.45) is 0 Å². The van der Waals surface area contributed by atoms with Crippen LogP contribution < -0.4 is 4.90 Å². The molecule has 1 aliphatic heterocycles. The van der Waals surface area contributed by atoms with Crippen molar-refractivity contribution in [3.05, 3.63) is 56.0 Å². The molecule has 0 spiro atoms. The highest BCUT2D eigenvalue weighted by Crippen LogP contribution is 2.26. The smallest absolute Gasteiger partial charge is 0.288 e. The van der Waals surface area contributed by atoms with E-state index in [0.717, 1.165) is 22.9 Å². The number of hydrogen-bond donors (Lipinski definition) is 0. The molecule has 0 saturated carbocycles. The van der Waals surface area contributed by atoms with E-state index in [4.69, 9.17) is 11.6 Å². The summed E-state index contributed by atoms with van der Waals surface area (Å²) in [4.78, 5) is 35.9. The largest absolute Gasteiger partial charge is 0.353 e. The van der Waals surface area contributed by atoms with Gasteiger partial charge in [-0.1, -0.05) is 11.6 Å². The first-order valence-corrected chi connectivity index (χ1v) is 8.95. The quantitative estimate of drug-likeness (QED) is 0.592. The number of aromatic nitrogens is 2. The first-order chi connectivity index (χ1) is 12.8. The molecule has 1 aromatic heterocycles. The van der Waals surface area contributed by atoms with Crippen molar-refractivity contribution in [2.75, 3.05) is 31.1 Å². The highest BCUT2D eigenvalue weighted by atomic mass is 35.5. The van der Waals surface area contributed by atoms with Gasteiger partial charge in [-0.25, -0.2) is 9.97 Å². The lowest BCUT2D eigenvalue weighted by Gasteiger charge is -2.36. The Morgan fingerprint density at radius 3 is 2.44 bits per heavy atom. The van der Waals surface area contributed by atoms with Gasteiger partial charge in [0.25, 0.3) is 11.6 Å². The third-order valence-electron chi connectivity index (χ3n) is 4.73. The van der Waals surface area contributed by atoms with Crippen molar-refractivity contribution >= 4 is 29.0 Å². The van der Waals surface area contributed by atoms with Crippen LogP contribution in [-0.4, -0.2) is 51.9 Å². The molecule has 8 nitrogen and oxygen atoms in total. The van der Waals surface area contributed by atoms with Crippen molar-refractivity contribution in [1.29, 1.82) is 0 Å². The van der Waals surface area contributed by atoms with Crippen LogP contribution in [0.1, 0.15) is 27.4 Å². The van der Waals surface area contributed by atoms with Gasteiger partial charge in [-0.15, -0.1) is 0 Å². The van der Waals surface area contributed by atoms with E-state index in [0.29, 0.717) is 26.2 Å². The third kappa shape index (κ3) is 3.85. The number of anilines is 1.